The number of fused-ring (bicyclic) bond motifs is 1. The lowest BCUT2D eigenvalue weighted by Gasteiger charge is -2.36. The number of aromatic nitrogens is 1. The van der Waals surface area contributed by atoms with Gasteiger partial charge in [0.1, 0.15) is 5.75 Å². The Morgan fingerprint density at radius 1 is 0.878 bits per heavy atom. The largest absolute Gasteiger partial charge is 0.494 e. The number of unbranched alkanes of at least 4 members (excludes halogenated alkanes) is 2. The number of piperazine rings is 1. The van der Waals surface area contributed by atoms with Gasteiger partial charge in [0.15, 0.2) is 0 Å². The topological polar surface area (TPSA) is 58.0 Å². The smallest absolute Gasteiger partial charge is 0.268 e. The summed E-state index contributed by atoms with van der Waals surface area (Å²) >= 11 is 0. The molecule has 1 saturated heterocycles. The molecule has 0 radical (unpaired) electrons. The van der Waals surface area contributed by atoms with Gasteiger partial charge in [-0.3, -0.25) is 4.90 Å². The molecule has 7 nitrogen and oxygen atoms in total. The number of hydrogen-bond acceptors (Lipinski definition) is 6. The van der Waals surface area contributed by atoms with E-state index in [1.54, 1.807) is 30.5 Å². The number of nitrogens with zero attached hydrogens (tertiary/aromatic N) is 4. The Morgan fingerprint density at radius 2 is 1.63 bits per heavy atom. The Labute approximate surface area is 244 Å². The second kappa shape index (κ2) is 13.2. The maximum atomic E-state index is 13.3. The van der Waals surface area contributed by atoms with Crippen molar-refractivity contribution in [3.05, 3.63) is 90.6 Å². The van der Waals surface area contributed by atoms with E-state index >= 15 is 0 Å². The second-order valence-electron chi connectivity index (χ2n) is 10.5. The average Bonchev–Trinajstić information content (AvgIpc) is 3.46. The van der Waals surface area contributed by atoms with Crippen LogP contribution in [0.3, 0.4) is 0 Å². The molecule has 3 aromatic carbocycles. The number of hydrogen-bond donors (Lipinski definition) is 0. The van der Waals surface area contributed by atoms with Gasteiger partial charge in [-0.2, -0.15) is 0 Å². The molecule has 2 heterocycles. The zero-order valence-electron chi connectivity index (χ0n) is 23.7. The van der Waals surface area contributed by atoms with E-state index < -0.39 is 10.0 Å². The highest BCUT2D eigenvalue weighted by molar-refractivity contribution is 7.90. The van der Waals surface area contributed by atoms with Gasteiger partial charge in [0.05, 0.1) is 23.6 Å². The summed E-state index contributed by atoms with van der Waals surface area (Å²) in [6, 6.07) is 27.2. The molecule has 1 aromatic heterocycles. The van der Waals surface area contributed by atoms with Gasteiger partial charge in [-0.05, 0) is 73.8 Å². The molecule has 0 atom stereocenters. The first-order valence-electron chi connectivity index (χ1n) is 14.2. The van der Waals surface area contributed by atoms with Crippen molar-refractivity contribution in [2.75, 3.05) is 51.3 Å². The average molecular weight is 571 g/mol. The predicted molar refractivity (Wildman–Crippen MR) is 166 cm³/mol. The molecule has 0 unspecified atom stereocenters. The zero-order chi connectivity index (χ0) is 28.7. The maximum absolute atomic E-state index is 13.3. The number of rotatable bonds is 12. The highest BCUT2D eigenvalue weighted by Gasteiger charge is 2.22. The molecule has 1 aliphatic heterocycles. The van der Waals surface area contributed by atoms with Crippen LogP contribution in [0.5, 0.6) is 5.75 Å². The quantitative estimate of drug-likeness (QED) is 0.131. The van der Waals surface area contributed by atoms with E-state index in [9.17, 15) is 8.42 Å². The van der Waals surface area contributed by atoms with Crippen molar-refractivity contribution < 1.29 is 13.2 Å². The summed E-state index contributed by atoms with van der Waals surface area (Å²) in [5, 5.41) is 0.968. The minimum absolute atomic E-state index is 0.293. The van der Waals surface area contributed by atoms with Crippen LogP contribution in [-0.4, -0.2) is 68.6 Å². The van der Waals surface area contributed by atoms with Gasteiger partial charge < -0.3 is 14.5 Å². The number of benzene rings is 3. The molecule has 214 valence electrons. The van der Waals surface area contributed by atoms with Crippen molar-refractivity contribution in [2.24, 2.45) is 0 Å². The predicted octanol–water partition coefficient (Wildman–Crippen LogP) is 5.27. The van der Waals surface area contributed by atoms with Gasteiger partial charge in [-0.15, -0.1) is 0 Å². The monoisotopic (exact) mass is 570 g/mol. The minimum Gasteiger partial charge on any atom is -0.494 e. The number of ether oxygens (including phenoxy) is 1. The lowest BCUT2D eigenvalue weighted by molar-refractivity contribution is 0.246. The Hall–Kier alpha value is -3.93. The summed E-state index contributed by atoms with van der Waals surface area (Å²) in [6.45, 7) is 6.38. The summed E-state index contributed by atoms with van der Waals surface area (Å²) in [5.41, 5.74) is 2.98. The van der Waals surface area contributed by atoms with Crippen molar-refractivity contribution in [1.82, 2.24) is 13.8 Å². The van der Waals surface area contributed by atoms with Crippen molar-refractivity contribution in [3.8, 4) is 18.2 Å². The van der Waals surface area contributed by atoms with E-state index in [1.807, 2.05) is 48.3 Å². The Morgan fingerprint density at radius 3 is 2.37 bits per heavy atom. The third kappa shape index (κ3) is 6.87. The van der Waals surface area contributed by atoms with E-state index in [0.717, 1.165) is 82.0 Å². The standard InChI is InChI=1S/C33H38N4O3S/c1-3-34(2)27-28-15-17-29(18-16-28)40-26-9-5-8-20-35-22-24-36(25-23-35)32-13-10-14-33-31(32)19-21-37(33)41(38,39)30-11-6-4-7-12-30/h1,4,6-7,10-19,21H,5,8-9,20,22-27H2,2H3. The molecular weight excluding hydrogens is 532 g/mol. The zero-order valence-corrected chi connectivity index (χ0v) is 24.5. The SMILES string of the molecule is C#CN(C)Cc1ccc(OCCCCCN2CCN(c3cccc4c3ccn4S(=O)(=O)c3ccccc3)CC2)cc1. The van der Waals surface area contributed by atoms with Crippen LogP contribution in [0.25, 0.3) is 10.9 Å². The van der Waals surface area contributed by atoms with Crippen LogP contribution in [0, 0.1) is 12.5 Å². The van der Waals surface area contributed by atoms with Crippen LogP contribution in [0.15, 0.2) is 90.0 Å². The molecule has 0 amide bonds. The van der Waals surface area contributed by atoms with Crippen molar-refractivity contribution >= 4 is 26.6 Å². The van der Waals surface area contributed by atoms with E-state index in [1.165, 1.54) is 9.54 Å². The maximum Gasteiger partial charge on any atom is 0.268 e. The number of terminal acetylenes is 1. The Balaban J connectivity index is 1.06. The molecule has 4 aromatic rings. The molecule has 41 heavy (non-hydrogen) atoms. The molecular formula is C33H38N4O3S. The molecule has 5 rings (SSSR count). The third-order valence-electron chi connectivity index (χ3n) is 7.64. The van der Waals surface area contributed by atoms with Gasteiger partial charge in [0, 0.05) is 56.5 Å². The fourth-order valence-corrected chi connectivity index (χ4v) is 6.71. The molecule has 1 fully saturated rings. The van der Waals surface area contributed by atoms with Crippen molar-refractivity contribution in [3.63, 3.8) is 0 Å². The highest BCUT2D eigenvalue weighted by Crippen LogP contribution is 2.31. The van der Waals surface area contributed by atoms with E-state index in [2.05, 4.69) is 34.0 Å². The summed E-state index contributed by atoms with van der Waals surface area (Å²) in [7, 11) is -1.75. The molecule has 0 N–H and O–H groups in total. The third-order valence-corrected chi connectivity index (χ3v) is 9.34. The fourth-order valence-electron chi connectivity index (χ4n) is 5.35. The van der Waals surface area contributed by atoms with Gasteiger partial charge in [0.25, 0.3) is 10.0 Å². The molecule has 0 bridgehead atoms. The minimum atomic E-state index is -3.64. The fraction of sp³-hybridized carbons (Fsp3) is 0.333. The summed E-state index contributed by atoms with van der Waals surface area (Å²) in [5.74, 6) is 0.899. The molecule has 0 spiro atoms. The van der Waals surface area contributed by atoms with Crippen LogP contribution >= 0.6 is 0 Å². The van der Waals surface area contributed by atoms with E-state index in [4.69, 9.17) is 11.2 Å². The Kier molecular flexibility index (Phi) is 9.17. The van der Waals surface area contributed by atoms with E-state index in [-0.39, 0.29) is 0 Å². The van der Waals surface area contributed by atoms with Crippen LogP contribution in [0.4, 0.5) is 5.69 Å². The van der Waals surface area contributed by atoms with Crippen LogP contribution in [0.2, 0.25) is 0 Å². The molecule has 0 saturated carbocycles. The molecule has 1 aliphatic rings. The van der Waals surface area contributed by atoms with Crippen LogP contribution in [-0.2, 0) is 16.6 Å². The first kappa shape index (κ1) is 28.6. The summed E-state index contributed by atoms with van der Waals surface area (Å²) in [6.07, 6.45) is 10.4. The van der Waals surface area contributed by atoms with Gasteiger partial charge in [-0.1, -0.05) is 42.8 Å². The van der Waals surface area contributed by atoms with Crippen LogP contribution < -0.4 is 9.64 Å². The number of anilines is 1. The van der Waals surface area contributed by atoms with Crippen molar-refractivity contribution in [2.45, 2.75) is 30.7 Å². The van der Waals surface area contributed by atoms with Gasteiger partial charge in [-0.25, -0.2) is 12.4 Å². The lowest BCUT2D eigenvalue weighted by Crippen LogP contribution is -2.46. The van der Waals surface area contributed by atoms with Gasteiger partial charge >= 0.3 is 0 Å². The lowest BCUT2D eigenvalue weighted by atomic mass is 10.1. The van der Waals surface area contributed by atoms with Crippen molar-refractivity contribution in [1.29, 1.82) is 0 Å². The first-order chi connectivity index (χ1) is 20.0. The Bertz CT molecular complexity index is 1570. The summed E-state index contributed by atoms with van der Waals surface area (Å²) < 4.78 is 33.8. The molecule has 8 heteroatoms. The van der Waals surface area contributed by atoms with E-state index in [0.29, 0.717) is 10.4 Å². The summed E-state index contributed by atoms with van der Waals surface area (Å²) in [4.78, 5) is 7.01. The van der Waals surface area contributed by atoms with Crippen LogP contribution in [0.1, 0.15) is 24.8 Å². The van der Waals surface area contributed by atoms with Gasteiger partial charge in [0.2, 0.25) is 0 Å². The first-order valence-corrected chi connectivity index (χ1v) is 15.7. The molecule has 0 aliphatic carbocycles. The highest BCUT2D eigenvalue weighted by atomic mass is 32.2. The normalized spacial score (nSPS) is 14.2. The second-order valence-corrected chi connectivity index (χ2v) is 12.3.